The second-order valence-electron chi connectivity index (χ2n) is 9.03. The van der Waals surface area contributed by atoms with Crippen molar-refractivity contribution in [3.05, 3.63) is 29.8 Å². The normalized spacial score (nSPS) is 26.5. The minimum atomic E-state index is -4.79. The molecule has 1 aromatic rings. The lowest BCUT2D eigenvalue weighted by Gasteiger charge is -2.32. The lowest BCUT2D eigenvalue weighted by atomic mass is 9.99. The highest BCUT2D eigenvalue weighted by molar-refractivity contribution is 5.94. The van der Waals surface area contributed by atoms with Crippen LogP contribution < -0.4 is 10.1 Å². The van der Waals surface area contributed by atoms with Crippen molar-refractivity contribution in [2.24, 2.45) is 23.7 Å². The molecule has 170 valence electrons. The molecule has 2 atom stereocenters. The van der Waals surface area contributed by atoms with E-state index in [0.29, 0.717) is 36.8 Å². The second-order valence-corrected chi connectivity index (χ2v) is 9.03. The largest absolute Gasteiger partial charge is 0.573 e. The van der Waals surface area contributed by atoms with Gasteiger partial charge in [-0.25, -0.2) is 0 Å². The zero-order chi connectivity index (χ0) is 22.2. The summed E-state index contributed by atoms with van der Waals surface area (Å²) in [5.41, 5.74) is 0.135. The fourth-order valence-electron chi connectivity index (χ4n) is 4.86. The Morgan fingerprint density at radius 2 is 1.84 bits per heavy atom. The van der Waals surface area contributed by atoms with Crippen molar-refractivity contribution in [2.45, 2.75) is 26.1 Å². The summed E-state index contributed by atoms with van der Waals surface area (Å²) in [4.78, 5) is 29.0. The summed E-state index contributed by atoms with van der Waals surface area (Å²) in [6.45, 7) is 6.60. The molecule has 0 radical (unpaired) electrons. The molecular formula is C22H28F3N3O3. The van der Waals surface area contributed by atoms with Crippen molar-refractivity contribution in [1.29, 1.82) is 0 Å². The van der Waals surface area contributed by atoms with Gasteiger partial charge in [-0.3, -0.25) is 14.5 Å². The van der Waals surface area contributed by atoms with Gasteiger partial charge in [-0.15, -0.1) is 13.2 Å². The zero-order valence-corrected chi connectivity index (χ0v) is 17.5. The van der Waals surface area contributed by atoms with Crippen molar-refractivity contribution in [3.63, 3.8) is 0 Å². The Morgan fingerprint density at radius 3 is 2.48 bits per heavy atom. The van der Waals surface area contributed by atoms with E-state index in [-0.39, 0.29) is 11.5 Å². The highest BCUT2D eigenvalue weighted by atomic mass is 19.4. The number of carbonyl (C=O) groups excluding carboxylic acids is 2. The molecule has 0 spiro atoms. The van der Waals surface area contributed by atoms with Crippen molar-refractivity contribution in [2.75, 3.05) is 39.3 Å². The number of hydrogen-bond acceptors (Lipinski definition) is 4. The molecule has 1 N–H and O–H groups in total. The van der Waals surface area contributed by atoms with Gasteiger partial charge in [0.15, 0.2) is 0 Å². The molecule has 1 aromatic carbocycles. The number of piperidine rings is 2. The maximum Gasteiger partial charge on any atom is 0.573 e. The van der Waals surface area contributed by atoms with Crippen molar-refractivity contribution < 1.29 is 27.5 Å². The number of benzene rings is 1. The number of carbonyl (C=O) groups is 2. The van der Waals surface area contributed by atoms with E-state index in [2.05, 4.69) is 21.9 Å². The van der Waals surface area contributed by atoms with Gasteiger partial charge in [0.25, 0.3) is 5.91 Å². The van der Waals surface area contributed by atoms with E-state index in [1.807, 2.05) is 4.90 Å². The smallest absolute Gasteiger partial charge is 0.406 e. The molecule has 2 unspecified atom stereocenters. The standard InChI is InChI=1S/C22H28F3N3O3/c1-14-5-7-28(8-6-14)20(29)13-27-11-18-17(19(18)12-27)10-26-21(30)15-3-2-4-16(9-15)31-22(23,24)25/h2-4,9,14,17-19H,5-8,10-13H2,1H3,(H,26,30). The molecule has 1 aliphatic carbocycles. The fourth-order valence-corrected chi connectivity index (χ4v) is 4.86. The summed E-state index contributed by atoms with van der Waals surface area (Å²) in [6.07, 6.45) is -2.64. The summed E-state index contributed by atoms with van der Waals surface area (Å²) in [5, 5.41) is 2.82. The van der Waals surface area contributed by atoms with E-state index in [0.717, 1.165) is 51.2 Å². The summed E-state index contributed by atoms with van der Waals surface area (Å²) in [5.74, 6) is 1.37. The van der Waals surface area contributed by atoms with Gasteiger partial charge in [-0.05, 0) is 54.7 Å². The molecular weight excluding hydrogens is 411 g/mol. The van der Waals surface area contributed by atoms with Gasteiger partial charge < -0.3 is 15.0 Å². The van der Waals surface area contributed by atoms with Crippen LogP contribution >= 0.6 is 0 Å². The maximum atomic E-state index is 12.5. The molecule has 2 saturated heterocycles. The Labute approximate surface area is 179 Å². The molecule has 2 heterocycles. The SMILES string of the molecule is CC1CCN(C(=O)CN2CC3C(CNC(=O)c4cccc(OC(F)(F)F)c4)C3C2)CC1. The number of nitrogens with zero attached hydrogens (tertiary/aromatic N) is 2. The van der Waals surface area contributed by atoms with Gasteiger partial charge >= 0.3 is 6.36 Å². The zero-order valence-electron chi connectivity index (χ0n) is 17.5. The van der Waals surface area contributed by atoms with E-state index < -0.39 is 18.0 Å². The van der Waals surface area contributed by atoms with Crippen LogP contribution in [-0.2, 0) is 4.79 Å². The van der Waals surface area contributed by atoms with Crippen LogP contribution in [0.2, 0.25) is 0 Å². The van der Waals surface area contributed by atoms with Crippen molar-refractivity contribution in [3.8, 4) is 5.75 Å². The van der Waals surface area contributed by atoms with Crippen LogP contribution in [0.25, 0.3) is 0 Å². The predicted octanol–water partition coefficient (Wildman–Crippen LogP) is 2.75. The van der Waals surface area contributed by atoms with E-state index in [4.69, 9.17) is 0 Å². The van der Waals surface area contributed by atoms with Gasteiger partial charge in [0.05, 0.1) is 6.54 Å². The van der Waals surface area contributed by atoms with Crippen molar-refractivity contribution >= 4 is 11.8 Å². The van der Waals surface area contributed by atoms with Crippen LogP contribution in [0.5, 0.6) is 5.75 Å². The van der Waals surface area contributed by atoms with Crippen LogP contribution in [0.15, 0.2) is 24.3 Å². The third-order valence-electron chi connectivity index (χ3n) is 6.77. The lowest BCUT2D eigenvalue weighted by Crippen LogP contribution is -2.44. The first kappa shape index (κ1) is 21.9. The Morgan fingerprint density at radius 1 is 1.16 bits per heavy atom. The number of fused-ring (bicyclic) bond motifs is 1. The highest BCUT2D eigenvalue weighted by Crippen LogP contribution is 2.51. The van der Waals surface area contributed by atoms with Crippen LogP contribution in [0.1, 0.15) is 30.1 Å². The van der Waals surface area contributed by atoms with Crippen molar-refractivity contribution in [1.82, 2.24) is 15.1 Å². The van der Waals surface area contributed by atoms with Gasteiger partial charge in [-0.1, -0.05) is 13.0 Å². The Bertz CT molecular complexity index is 812. The summed E-state index contributed by atoms with van der Waals surface area (Å²) < 4.78 is 40.9. The van der Waals surface area contributed by atoms with E-state index in [1.165, 1.54) is 12.1 Å². The summed E-state index contributed by atoms with van der Waals surface area (Å²) in [7, 11) is 0. The quantitative estimate of drug-likeness (QED) is 0.741. The van der Waals surface area contributed by atoms with E-state index in [1.54, 1.807) is 0 Å². The molecule has 3 fully saturated rings. The Balaban J connectivity index is 1.19. The molecule has 0 bridgehead atoms. The van der Waals surface area contributed by atoms with Crippen LogP contribution in [0.4, 0.5) is 13.2 Å². The molecule has 1 saturated carbocycles. The molecule has 2 aliphatic heterocycles. The number of hydrogen-bond donors (Lipinski definition) is 1. The molecule has 9 heteroatoms. The average molecular weight is 439 g/mol. The Hall–Kier alpha value is -2.29. The minimum Gasteiger partial charge on any atom is -0.406 e. The number of halogens is 3. The number of ether oxygens (including phenoxy) is 1. The van der Waals surface area contributed by atoms with E-state index >= 15 is 0 Å². The fraction of sp³-hybridized carbons (Fsp3) is 0.636. The van der Waals surface area contributed by atoms with E-state index in [9.17, 15) is 22.8 Å². The van der Waals surface area contributed by atoms with Crippen LogP contribution in [0.3, 0.4) is 0 Å². The lowest BCUT2D eigenvalue weighted by molar-refractivity contribution is -0.274. The second kappa shape index (κ2) is 8.68. The van der Waals surface area contributed by atoms with Crippen LogP contribution in [-0.4, -0.2) is 67.2 Å². The number of likely N-dealkylation sites (tertiary alicyclic amines) is 2. The monoisotopic (exact) mass is 439 g/mol. The van der Waals surface area contributed by atoms with Gasteiger partial charge in [0.1, 0.15) is 5.75 Å². The third kappa shape index (κ3) is 5.50. The third-order valence-corrected chi connectivity index (χ3v) is 6.77. The minimum absolute atomic E-state index is 0.135. The molecule has 6 nitrogen and oxygen atoms in total. The molecule has 4 rings (SSSR count). The van der Waals surface area contributed by atoms with Gasteiger partial charge in [-0.2, -0.15) is 0 Å². The summed E-state index contributed by atoms with van der Waals surface area (Å²) >= 11 is 0. The topological polar surface area (TPSA) is 61.9 Å². The molecule has 0 aromatic heterocycles. The maximum absolute atomic E-state index is 12.5. The number of nitrogens with one attached hydrogen (secondary N) is 1. The van der Waals surface area contributed by atoms with Crippen LogP contribution in [0, 0.1) is 23.7 Å². The number of amides is 2. The summed E-state index contributed by atoms with van der Waals surface area (Å²) in [6, 6.07) is 5.07. The predicted molar refractivity (Wildman–Crippen MR) is 107 cm³/mol. The van der Waals surface area contributed by atoms with Gasteiger partial charge in [0, 0.05) is 38.3 Å². The first-order valence-corrected chi connectivity index (χ1v) is 10.8. The van der Waals surface area contributed by atoms with Gasteiger partial charge in [0.2, 0.25) is 5.91 Å². The molecule has 2 amide bonds. The first-order valence-electron chi connectivity index (χ1n) is 10.8. The highest BCUT2D eigenvalue weighted by Gasteiger charge is 2.55. The average Bonchev–Trinajstić information content (AvgIpc) is 3.16. The molecule has 31 heavy (non-hydrogen) atoms. The number of alkyl halides is 3. The molecule has 3 aliphatic rings. The Kier molecular flexibility index (Phi) is 6.14. The first-order chi connectivity index (χ1) is 14.7. The number of rotatable bonds is 6.